The number of carbonyl (C=O) groups is 2. The Hall–Kier alpha value is -1.78. The van der Waals surface area contributed by atoms with E-state index in [0.717, 1.165) is 11.4 Å². The number of rotatable bonds is 5. The molecule has 5 heteroatoms. The minimum atomic E-state index is -0.0923. The average Bonchev–Trinajstić information content (AvgIpc) is 2.59. The zero-order valence-corrected chi connectivity index (χ0v) is 12.3. The molecule has 2 amide bonds. The molecule has 1 rings (SSSR count). The van der Waals surface area contributed by atoms with Crippen molar-refractivity contribution in [1.29, 1.82) is 0 Å². The first-order chi connectivity index (χ1) is 8.84. The molecule has 0 radical (unpaired) electrons. The molecule has 106 valence electrons. The Labute approximate surface area is 114 Å². The highest BCUT2D eigenvalue weighted by atomic mass is 16.2. The van der Waals surface area contributed by atoms with E-state index in [2.05, 4.69) is 29.0 Å². The molecular weight excluding hydrogens is 242 g/mol. The van der Waals surface area contributed by atoms with Gasteiger partial charge in [-0.05, 0) is 33.8 Å². The third kappa shape index (κ3) is 3.84. The topological polar surface area (TPSA) is 63.1 Å². The van der Waals surface area contributed by atoms with E-state index in [1.54, 1.807) is 0 Å². The molecule has 0 unspecified atom stereocenters. The predicted octanol–water partition coefficient (Wildman–Crippen LogP) is 1.55. The lowest BCUT2D eigenvalue weighted by molar-refractivity contribution is -0.118. The summed E-state index contributed by atoms with van der Waals surface area (Å²) in [5.41, 5.74) is 2.76. The summed E-state index contributed by atoms with van der Waals surface area (Å²) in [4.78, 5) is 22.8. The highest BCUT2D eigenvalue weighted by Gasteiger charge is 2.16. The van der Waals surface area contributed by atoms with Crippen LogP contribution in [0.1, 0.15) is 48.6 Å². The van der Waals surface area contributed by atoms with Gasteiger partial charge in [-0.2, -0.15) is 0 Å². The van der Waals surface area contributed by atoms with Gasteiger partial charge < -0.3 is 15.2 Å². The summed E-state index contributed by atoms with van der Waals surface area (Å²) >= 11 is 0. The smallest absolute Gasteiger partial charge is 0.253 e. The molecule has 0 aliphatic heterocycles. The summed E-state index contributed by atoms with van der Waals surface area (Å²) < 4.78 is 2.14. The van der Waals surface area contributed by atoms with E-state index in [-0.39, 0.29) is 11.8 Å². The van der Waals surface area contributed by atoms with Crippen molar-refractivity contribution in [1.82, 2.24) is 15.2 Å². The normalized spacial score (nSPS) is 10.6. The molecule has 0 aliphatic carbocycles. The molecule has 0 bridgehead atoms. The molecule has 0 saturated heterocycles. The van der Waals surface area contributed by atoms with Crippen LogP contribution < -0.4 is 10.6 Å². The van der Waals surface area contributed by atoms with Crippen molar-refractivity contribution in [2.75, 3.05) is 13.1 Å². The van der Waals surface area contributed by atoms with Crippen molar-refractivity contribution in [2.24, 2.45) is 0 Å². The number of aryl methyl sites for hydroxylation is 1. The Morgan fingerprint density at radius 2 is 1.79 bits per heavy atom. The average molecular weight is 265 g/mol. The second-order valence-corrected chi connectivity index (χ2v) is 4.99. The van der Waals surface area contributed by atoms with Crippen molar-refractivity contribution in [3.05, 3.63) is 23.0 Å². The number of hydrogen-bond donors (Lipinski definition) is 2. The minimum Gasteiger partial charge on any atom is -0.355 e. The van der Waals surface area contributed by atoms with Crippen LogP contribution in [0.15, 0.2) is 6.07 Å². The Balaban J connectivity index is 2.68. The van der Waals surface area contributed by atoms with Crippen molar-refractivity contribution in [2.45, 2.75) is 40.7 Å². The molecule has 0 saturated carbocycles. The molecule has 1 aromatic rings. The second-order valence-electron chi connectivity index (χ2n) is 4.99. The van der Waals surface area contributed by atoms with E-state index < -0.39 is 0 Å². The van der Waals surface area contributed by atoms with Gasteiger partial charge in [-0.3, -0.25) is 9.59 Å². The maximum atomic E-state index is 12.1. The quantitative estimate of drug-likeness (QED) is 0.793. The molecule has 1 aromatic heterocycles. The van der Waals surface area contributed by atoms with Crippen LogP contribution in [0.3, 0.4) is 0 Å². The summed E-state index contributed by atoms with van der Waals surface area (Å²) in [6.45, 7) is 10.5. The van der Waals surface area contributed by atoms with E-state index in [1.165, 1.54) is 6.92 Å². The van der Waals surface area contributed by atoms with Crippen LogP contribution in [0.5, 0.6) is 0 Å². The summed E-state index contributed by atoms with van der Waals surface area (Å²) in [6.07, 6.45) is 0. The van der Waals surface area contributed by atoms with Gasteiger partial charge in [0, 0.05) is 37.4 Å². The largest absolute Gasteiger partial charge is 0.355 e. The van der Waals surface area contributed by atoms with Crippen molar-refractivity contribution < 1.29 is 9.59 Å². The maximum absolute atomic E-state index is 12.1. The van der Waals surface area contributed by atoms with Gasteiger partial charge in [-0.1, -0.05) is 0 Å². The number of aromatic nitrogens is 1. The minimum absolute atomic E-state index is 0.0905. The maximum Gasteiger partial charge on any atom is 0.253 e. The molecule has 1 heterocycles. The van der Waals surface area contributed by atoms with Gasteiger partial charge >= 0.3 is 0 Å². The van der Waals surface area contributed by atoms with Gasteiger partial charge in [-0.15, -0.1) is 0 Å². The SMILES string of the molecule is CC(=O)NCCNC(=O)c1cc(C)n(C(C)C)c1C. The number of carbonyl (C=O) groups excluding carboxylic acids is 2. The van der Waals surface area contributed by atoms with Crippen molar-refractivity contribution in [3.63, 3.8) is 0 Å². The Bertz CT molecular complexity index is 475. The summed E-state index contributed by atoms with van der Waals surface area (Å²) in [6, 6.07) is 2.24. The molecule has 0 spiro atoms. The Morgan fingerprint density at radius 3 is 2.26 bits per heavy atom. The van der Waals surface area contributed by atoms with Gasteiger partial charge in [0.25, 0.3) is 5.91 Å². The van der Waals surface area contributed by atoms with Crippen LogP contribution in [0.25, 0.3) is 0 Å². The molecular formula is C14H23N3O2. The number of nitrogens with one attached hydrogen (secondary N) is 2. The van der Waals surface area contributed by atoms with E-state index in [0.29, 0.717) is 24.7 Å². The number of hydrogen-bond acceptors (Lipinski definition) is 2. The molecule has 0 fully saturated rings. The van der Waals surface area contributed by atoms with E-state index >= 15 is 0 Å². The predicted molar refractivity (Wildman–Crippen MR) is 75.3 cm³/mol. The molecule has 0 atom stereocenters. The van der Waals surface area contributed by atoms with Gasteiger partial charge in [-0.25, -0.2) is 0 Å². The van der Waals surface area contributed by atoms with Gasteiger partial charge in [0.15, 0.2) is 0 Å². The first-order valence-electron chi connectivity index (χ1n) is 6.55. The van der Waals surface area contributed by atoms with Crippen LogP contribution in [-0.4, -0.2) is 29.5 Å². The third-order valence-corrected chi connectivity index (χ3v) is 3.03. The summed E-state index contributed by atoms with van der Waals surface area (Å²) in [7, 11) is 0. The van der Waals surface area contributed by atoms with Crippen LogP contribution in [0.2, 0.25) is 0 Å². The zero-order chi connectivity index (χ0) is 14.6. The fraction of sp³-hybridized carbons (Fsp3) is 0.571. The molecule has 0 aliphatic rings. The first-order valence-corrected chi connectivity index (χ1v) is 6.55. The molecule has 19 heavy (non-hydrogen) atoms. The second kappa shape index (κ2) is 6.41. The number of nitrogens with zero attached hydrogens (tertiary/aromatic N) is 1. The third-order valence-electron chi connectivity index (χ3n) is 3.03. The Morgan fingerprint density at radius 1 is 1.21 bits per heavy atom. The van der Waals surface area contributed by atoms with Crippen LogP contribution in [0.4, 0.5) is 0 Å². The molecule has 0 aromatic carbocycles. The first kappa shape index (κ1) is 15.3. The lowest BCUT2D eigenvalue weighted by atomic mass is 10.2. The van der Waals surface area contributed by atoms with Crippen molar-refractivity contribution in [3.8, 4) is 0 Å². The molecule has 5 nitrogen and oxygen atoms in total. The standard InChI is InChI=1S/C14H23N3O2/c1-9(2)17-10(3)8-13(11(17)4)14(19)16-7-6-15-12(5)18/h8-9H,6-7H2,1-5H3,(H,15,18)(H,16,19). The highest BCUT2D eigenvalue weighted by Crippen LogP contribution is 2.19. The summed E-state index contributed by atoms with van der Waals surface area (Å²) in [5.74, 6) is -0.183. The fourth-order valence-corrected chi connectivity index (χ4v) is 2.31. The molecule has 2 N–H and O–H groups in total. The van der Waals surface area contributed by atoms with Crippen LogP contribution in [0, 0.1) is 13.8 Å². The van der Waals surface area contributed by atoms with E-state index in [1.807, 2.05) is 19.9 Å². The van der Waals surface area contributed by atoms with Crippen LogP contribution in [-0.2, 0) is 4.79 Å². The lowest BCUT2D eigenvalue weighted by Gasteiger charge is -2.13. The van der Waals surface area contributed by atoms with E-state index in [9.17, 15) is 9.59 Å². The monoisotopic (exact) mass is 265 g/mol. The summed E-state index contributed by atoms with van der Waals surface area (Å²) in [5, 5.41) is 5.45. The van der Waals surface area contributed by atoms with Gasteiger partial charge in [0.2, 0.25) is 5.91 Å². The van der Waals surface area contributed by atoms with Gasteiger partial charge in [0.05, 0.1) is 5.56 Å². The van der Waals surface area contributed by atoms with Crippen LogP contribution >= 0.6 is 0 Å². The van der Waals surface area contributed by atoms with Crippen molar-refractivity contribution >= 4 is 11.8 Å². The van der Waals surface area contributed by atoms with E-state index in [4.69, 9.17) is 0 Å². The van der Waals surface area contributed by atoms with Gasteiger partial charge in [0.1, 0.15) is 0 Å². The zero-order valence-electron chi connectivity index (χ0n) is 12.3. The lowest BCUT2D eigenvalue weighted by Crippen LogP contribution is -2.33. The fourth-order valence-electron chi connectivity index (χ4n) is 2.31. The highest BCUT2D eigenvalue weighted by molar-refractivity contribution is 5.95. The Kier molecular flexibility index (Phi) is 5.15. The number of amides is 2.